The van der Waals surface area contributed by atoms with E-state index >= 15 is 0 Å². The summed E-state index contributed by atoms with van der Waals surface area (Å²) in [4.78, 5) is 14.9. The molecule has 0 fully saturated rings. The van der Waals surface area contributed by atoms with Crippen molar-refractivity contribution in [2.75, 3.05) is 13.7 Å². The fraction of sp³-hybridized carbons (Fsp3) is 0.700. The molecule has 0 bridgehead atoms. The van der Waals surface area contributed by atoms with E-state index in [1.807, 2.05) is 18.5 Å². The first-order valence-corrected chi connectivity index (χ1v) is 6.28. The second kappa shape index (κ2) is 6.70. The van der Waals surface area contributed by atoms with E-state index in [1.54, 1.807) is 0 Å². The van der Waals surface area contributed by atoms with Crippen LogP contribution in [0.5, 0.6) is 0 Å². The van der Waals surface area contributed by atoms with Gasteiger partial charge < -0.3 is 10.1 Å². The van der Waals surface area contributed by atoms with E-state index in [0.29, 0.717) is 13.1 Å². The van der Waals surface area contributed by atoms with Crippen molar-refractivity contribution in [3.8, 4) is 0 Å². The number of rotatable bonds is 6. The molecule has 0 spiro atoms. The monoisotopic (exact) mass is 304 g/mol. The van der Waals surface area contributed by atoms with Gasteiger partial charge in [0.25, 0.3) is 0 Å². The van der Waals surface area contributed by atoms with Crippen LogP contribution in [-0.2, 0) is 16.1 Å². The van der Waals surface area contributed by atoms with Gasteiger partial charge in [-0.05, 0) is 13.8 Å². The van der Waals surface area contributed by atoms with Crippen LogP contribution in [0.2, 0.25) is 0 Å². The fourth-order valence-electron chi connectivity index (χ4n) is 1.35. The SMILES string of the molecule is COC(=O)C(Br)CNCc1ncnn1C(C)C. The lowest BCUT2D eigenvalue weighted by Crippen LogP contribution is -2.30. The Labute approximate surface area is 109 Å². The molecule has 0 aliphatic carbocycles. The standard InChI is InChI=1S/C10H17BrN4O2/c1-7(2)15-9(13-6-14-15)5-12-4-8(11)10(16)17-3/h6-8,12H,4-5H2,1-3H3. The first-order chi connectivity index (χ1) is 8.06. The van der Waals surface area contributed by atoms with Gasteiger partial charge >= 0.3 is 5.97 Å². The summed E-state index contributed by atoms with van der Waals surface area (Å²) in [6, 6.07) is 0.273. The summed E-state index contributed by atoms with van der Waals surface area (Å²) in [6.07, 6.45) is 1.53. The smallest absolute Gasteiger partial charge is 0.320 e. The quantitative estimate of drug-likeness (QED) is 0.624. The largest absolute Gasteiger partial charge is 0.468 e. The van der Waals surface area contributed by atoms with Crippen LogP contribution < -0.4 is 5.32 Å². The molecule has 0 radical (unpaired) electrons. The minimum atomic E-state index is -0.345. The maximum Gasteiger partial charge on any atom is 0.320 e. The third-order valence-electron chi connectivity index (χ3n) is 2.20. The van der Waals surface area contributed by atoms with Crippen LogP contribution >= 0.6 is 15.9 Å². The number of nitrogens with one attached hydrogen (secondary N) is 1. The van der Waals surface area contributed by atoms with Gasteiger partial charge in [0.15, 0.2) is 0 Å². The van der Waals surface area contributed by atoms with Gasteiger partial charge in [-0.25, -0.2) is 9.67 Å². The molecule has 96 valence electrons. The highest BCUT2D eigenvalue weighted by Gasteiger charge is 2.15. The van der Waals surface area contributed by atoms with Crippen molar-refractivity contribution in [3.63, 3.8) is 0 Å². The van der Waals surface area contributed by atoms with Crippen LogP contribution in [0.4, 0.5) is 0 Å². The molecule has 1 N–H and O–H groups in total. The topological polar surface area (TPSA) is 69.0 Å². The van der Waals surface area contributed by atoms with Crippen LogP contribution in [0.3, 0.4) is 0 Å². The molecule has 6 nitrogen and oxygen atoms in total. The third kappa shape index (κ3) is 4.08. The molecule has 1 aromatic rings. The van der Waals surface area contributed by atoms with E-state index in [9.17, 15) is 4.79 Å². The summed E-state index contributed by atoms with van der Waals surface area (Å²) in [5.41, 5.74) is 0. The lowest BCUT2D eigenvalue weighted by molar-refractivity contribution is -0.139. The van der Waals surface area contributed by atoms with E-state index in [4.69, 9.17) is 0 Å². The Morgan fingerprint density at radius 3 is 2.94 bits per heavy atom. The van der Waals surface area contributed by atoms with Gasteiger partial charge in [-0.2, -0.15) is 5.10 Å². The zero-order valence-electron chi connectivity index (χ0n) is 10.2. The highest BCUT2D eigenvalue weighted by atomic mass is 79.9. The Kier molecular flexibility index (Phi) is 5.57. The highest BCUT2D eigenvalue weighted by molar-refractivity contribution is 9.10. The number of hydrogen-bond acceptors (Lipinski definition) is 5. The Balaban J connectivity index is 2.41. The highest BCUT2D eigenvalue weighted by Crippen LogP contribution is 2.05. The van der Waals surface area contributed by atoms with Crippen molar-refractivity contribution in [1.82, 2.24) is 20.1 Å². The summed E-state index contributed by atoms with van der Waals surface area (Å²) in [5.74, 6) is 0.562. The molecule has 1 heterocycles. The molecule has 0 aliphatic rings. The number of halogens is 1. The Morgan fingerprint density at radius 1 is 1.65 bits per heavy atom. The minimum Gasteiger partial charge on any atom is -0.468 e. The van der Waals surface area contributed by atoms with Crippen molar-refractivity contribution in [3.05, 3.63) is 12.2 Å². The number of ether oxygens (including phenoxy) is 1. The number of methoxy groups -OCH3 is 1. The number of carbonyl (C=O) groups is 1. The molecule has 0 saturated heterocycles. The van der Waals surface area contributed by atoms with Crippen LogP contribution in [0.15, 0.2) is 6.33 Å². The lowest BCUT2D eigenvalue weighted by Gasteiger charge is -2.11. The van der Waals surface area contributed by atoms with Gasteiger partial charge in [0, 0.05) is 12.6 Å². The Bertz CT molecular complexity index is 367. The minimum absolute atomic E-state index is 0.273. The summed E-state index contributed by atoms with van der Waals surface area (Å²) in [7, 11) is 1.37. The van der Waals surface area contributed by atoms with Gasteiger partial charge in [0.1, 0.15) is 17.0 Å². The molecule has 1 atom stereocenters. The maximum atomic E-state index is 11.1. The van der Waals surface area contributed by atoms with E-state index in [2.05, 4.69) is 36.1 Å². The summed E-state index contributed by atoms with van der Waals surface area (Å²) in [6.45, 7) is 5.13. The van der Waals surface area contributed by atoms with Gasteiger partial charge in [-0.15, -0.1) is 0 Å². The molecule has 7 heteroatoms. The molecule has 0 amide bonds. The first kappa shape index (κ1) is 14.1. The molecule has 1 unspecified atom stereocenters. The van der Waals surface area contributed by atoms with Crippen LogP contribution in [0, 0.1) is 0 Å². The van der Waals surface area contributed by atoms with Gasteiger partial charge in [0.05, 0.1) is 13.7 Å². The fourth-order valence-corrected chi connectivity index (χ4v) is 1.77. The molecule has 0 aromatic carbocycles. The summed E-state index contributed by atoms with van der Waals surface area (Å²) >= 11 is 3.24. The van der Waals surface area contributed by atoms with Crippen molar-refractivity contribution >= 4 is 21.9 Å². The molecule has 0 saturated carbocycles. The van der Waals surface area contributed by atoms with Gasteiger partial charge in [-0.3, -0.25) is 4.79 Å². The predicted octanol–water partition coefficient (Wildman–Crippen LogP) is 0.885. The van der Waals surface area contributed by atoms with E-state index in [1.165, 1.54) is 13.4 Å². The molecule has 1 aromatic heterocycles. The van der Waals surface area contributed by atoms with E-state index in [-0.39, 0.29) is 16.8 Å². The number of esters is 1. The molecule has 1 rings (SSSR count). The normalized spacial score (nSPS) is 12.8. The van der Waals surface area contributed by atoms with E-state index in [0.717, 1.165) is 5.82 Å². The number of aromatic nitrogens is 3. The van der Waals surface area contributed by atoms with Crippen molar-refractivity contribution < 1.29 is 9.53 Å². The average molecular weight is 305 g/mol. The number of hydrogen-bond donors (Lipinski definition) is 1. The van der Waals surface area contributed by atoms with Crippen molar-refractivity contribution in [1.29, 1.82) is 0 Å². The summed E-state index contributed by atoms with van der Waals surface area (Å²) in [5, 5.41) is 7.25. The lowest BCUT2D eigenvalue weighted by atomic mass is 10.4. The van der Waals surface area contributed by atoms with Crippen molar-refractivity contribution in [2.45, 2.75) is 31.3 Å². The van der Waals surface area contributed by atoms with Crippen LogP contribution in [0.1, 0.15) is 25.7 Å². The Hall–Kier alpha value is -0.950. The molecule has 0 aliphatic heterocycles. The average Bonchev–Trinajstić information content (AvgIpc) is 2.76. The van der Waals surface area contributed by atoms with Crippen LogP contribution in [-0.4, -0.2) is 39.2 Å². The number of carbonyl (C=O) groups excluding carboxylic acids is 1. The summed E-state index contributed by atoms with van der Waals surface area (Å²) < 4.78 is 6.44. The molecule has 17 heavy (non-hydrogen) atoms. The Morgan fingerprint density at radius 2 is 2.35 bits per heavy atom. The van der Waals surface area contributed by atoms with Crippen LogP contribution in [0.25, 0.3) is 0 Å². The van der Waals surface area contributed by atoms with E-state index < -0.39 is 0 Å². The maximum absolute atomic E-state index is 11.1. The van der Waals surface area contributed by atoms with Gasteiger partial charge in [-0.1, -0.05) is 15.9 Å². The zero-order chi connectivity index (χ0) is 12.8. The van der Waals surface area contributed by atoms with Crippen molar-refractivity contribution in [2.24, 2.45) is 0 Å². The zero-order valence-corrected chi connectivity index (χ0v) is 11.8. The molecular formula is C10H17BrN4O2. The number of alkyl halides is 1. The van der Waals surface area contributed by atoms with Gasteiger partial charge in [0.2, 0.25) is 0 Å². The third-order valence-corrected chi connectivity index (χ3v) is 2.90. The molecular weight excluding hydrogens is 288 g/mol. The number of nitrogens with zero attached hydrogens (tertiary/aromatic N) is 3. The first-order valence-electron chi connectivity index (χ1n) is 5.37. The second-order valence-electron chi connectivity index (χ2n) is 3.84. The predicted molar refractivity (Wildman–Crippen MR) is 66.8 cm³/mol. The second-order valence-corrected chi connectivity index (χ2v) is 4.94.